The molecule has 1 N–H and O–H groups in total. The van der Waals surface area contributed by atoms with E-state index in [9.17, 15) is 33.1 Å². The van der Waals surface area contributed by atoms with Crippen LogP contribution in [-0.4, -0.2) is 68.9 Å². The fraction of sp³-hybridized carbons (Fsp3) is 0.467. The van der Waals surface area contributed by atoms with Gasteiger partial charge in [0.2, 0.25) is 5.91 Å². The Bertz CT molecular complexity index is 1580. The number of nitrogens with zero attached hydrogens (tertiary/aromatic N) is 4. The molecule has 8 nitrogen and oxygen atoms in total. The Morgan fingerprint density at radius 1 is 1.12 bits per heavy atom. The predicted octanol–water partition coefficient (Wildman–Crippen LogP) is 4.66. The molecule has 0 radical (unpaired) electrons. The highest BCUT2D eigenvalue weighted by molar-refractivity contribution is 5.97. The fourth-order valence-electron chi connectivity index (χ4n) is 6.31. The molecule has 1 saturated heterocycles. The number of carbonyl (C=O) groups excluding carboxylic acids is 2. The number of amides is 2. The Labute approximate surface area is 234 Å². The second-order valence-electron chi connectivity index (χ2n) is 12.1. The van der Waals surface area contributed by atoms with Crippen LogP contribution in [0.25, 0.3) is 22.4 Å². The van der Waals surface area contributed by atoms with Crippen molar-refractivity contribution in [1.82, 2.24) is 14.8 Å². The van der Waals surface area contributed by atoms with Gasteiger partial charge < -0.3 is 19.3 Å². The number of carbonyl (C=O) groups is 2. The first-order valence-electron chi connectivity index (χ1n) is 13.6. The Morgan fingerprint density at radius 2 is 1.80 bits per heavy atom. The van der Waals surface area contributed by atoms with Crippen LogP contribution in [0.5, 0.6) is 0 Å². The number of hydrogen-bond donors (Lipinski definition) is 1. The topological polar surface area (TPSA) is 111 Å². The quantitative estimate of drug-likeness (QED) is 0.492. The molecule has 0 unspecified atom stereocenters. The highest BCUT2D eigenvalue weighted by atomic mass is 19.3. The van der Waals surface area contributed by atoms with Gasteiger partial charge in [0.1, 0.15) is 11.3 Å². The largest absolute Gasteiger partial charge is 0.449 e. The first kappa shape index (κ1) is 27.3. The van der Waals surface area contributed by atoms with Crippen LogP contribution in [0.15, 0.2) is 40.8 Å². The lowest BCUT2D eigenvalue weighted by Crippen LogP contribution is -2.63. The average Bonchev–Trinajstić information content (AvgIpc) is 3.32. The molecule has 0 spiro atoms. The van der Waals surface area contributed by atoms with E-state index in [0.717, 1.165) is 0 Å². The number of furan rings is 1. The lowest BCUT2D eigenvalue weighted by molar-refractivity contribution is -0.146. The van der Waals surface area contributed by atoms with Gasteiger partial charge in [0, 0.05) is 55.6 Å². The summed E-state index contributed by atoms with van der Waals surface area (Å²) in [6.07, 6.45) is -0.931. The summed E-state index contributed by atoms with van der Waals surface area (Å²) >= 11 is 0. The van der Waals surface area contributed by atoms with Gasteiger partial charge in [-0.15, -0.1) is 0 Å². The number of aliphatic hydroxyl groups is 1. The Hall–Kier alpha value is -3.91. The van der Waals surface area contributed by atoms with E-state index in [1.54, 1.807) is 9.80 Å². The van der Waals surface area contributed by atoms with Crippen molar-refractivity contribution in [3.05, 3.63) is 53.5 Å². The smallest absolute Gasteiger partial charge is 0.290 e. The van der Waals surface area contributed by atoms with E-state index in [4.69, 9.17) is 4.42 Å². The highest BCUT2D eigenvalue weighted by Crippen LogP contribution is 2.55. The molecule has 3 fully saturated rings. The molecule has 41 heavy (non-hydrogen) atoms. The van der Waals surface area contributed by atoms with Gasteiger partial charge in [0.25, 0.3) is 11.8 Å². The van der Waals surface area contributed by atoms with Crippen LogP contribution in [-0.2, 0) is 10.2 Å². The average molecular weight is 567 g/mol. The summed E-state index contributed by atoms with van der Waals surface area (Å²) in [7, 11) is 0. The summed E-state index contributed by atoms with van der Waals surface area (Å²) in [5.41, 5.74) is -0.887. The molecule has 0 atom stereocenters. The summed E-state index contributed by atoms with van der Waals surface area (Å²) in [5, 5.41) is 19.6. The number of halogens is 3. The molecule has 3 aliphatic rings. The summed E-state index contributed by atoms with van der Waals surface area (Å²) in [4.78, 5) is 34.5. The second kappa shape index (κ2) is 9.31. The van der Waals surface area contributed by atoms with Gasteiger partial charge in [0.05, 0.1) is 28.8 Å². The molecule has 2 saturated carbocycles. The van der Waals surface area contributed by atoms with Gasteiger partial charge in [-0.3, -0.25) is 9.59 Å². The molecule has 1 aliphatic heterocycles. The van der Waals surface area contributed by atoms with Crippen molar-refractivity contribution in [2.45, 2.75) is 62.5 Å². The van der Waals surface area contributed by atoms with Crippen molar-refractivity contribution in [3.63, 3.8) is 0 Å². The molecular formula is C30H29F3N4O4. The zero-order chi connectivity index (χ0) is 29.3. The zero-order valence-corrected chi connectivity index (χ0v) is 22.7. The number of benzene rings is 1. The maximum atomic E-state index is 14.1. The number of aromatic nitrogens is 1. The Morgan fingerprint density at radius 3 is 2.39 bits per heavy atom. The third-order valence-electron chi connectivity index (χ3n) is 8.60. The van der Waals surface area contributed by atoms with Gasteiger partial charge in [-0.2, -0.15) is 5.26 Å². The standard InChI is InChI=1S/C30H29F3N4O4/c1-28(2)16-36(26(39)18-9-20(38)10-18)7-8-37(28)27(40)24-12-23-25(41-24)21(29(15-34)13-30(32,33)14-29)11-22(35-23)17-3-5-19(31)6-4-17/h3-6,11-12,18,20,38H,7-10,13-14,16H2,1-2H3. The number of aliphatic hydroxyl groups excluding tert-OH is 1. The summed E-state index contributed by atoms with van der Waals surface area (Å²) in [6, 6.07) is 10.5. The highest BCUT2D eigenvalue weighted by Gasteiger charge is 2.59. The number of hydrogen-bond acceptors (Lipinski definition) is 6. The maximum Gasteiger partial charge on any atom is 0.290 e. The summed E-state index contributed by atoms with van der Waals surface area (Å²) in [5.74, 6) is -4.19. The van der Waals surface area contributed by atoms with Crippen LogP contribution in [0, 0.1) is 23.1 Å². The summed E-state index contributed by atoms with van der Waals surface area (Å²) in [6.45, 7) is 4.57. The minimum Gasteiger partial charge on any atom is -0.449 e. The van der Waals surface area contributed by atoms with Crippen molar-refractivity contribution in [1.29, 1.82) is 5.26 Å². The van der Waals surface area contributed by atoms with Crippen molar-refractivity contribution < 1.29 is 32.3 Å². The normalized spacial score (nSPS) is 24.3. The maximum absolute atomic E-state index is 14.1. The van der Waals surface area contributed by atoms with Gasteiger partial charge >= 0.3 is 0 Å². The molecule has 0 bridgehead atoms. The molecule has 3 heterocycles. The van der Waals surface area contributed by atoms with E-state index in [2.05, 4.69) is 4.98 Å². The van der Waals surface area contributed by atoms with Crippen molar-refractivity contribution in [2.75, 3.05) is 19.6 Å². The van der Waals surface area contributed by atoms with Gasteiger partial charge in [-0.05, 0) is 57.0 Å². The van der Waals surface area contributed by atoms with E-state index in [1.807, 2.05) is 19.9 Å². The van der Waals surface area contributed by atoms with Gasteiger partial charge in [0.15, 0.2) is 11.3 Å². The van der Waals surface area contributed by atoms with E-state index in [0.29, 0.717) is 37.2 Å². The number of fused-ring (bicyclic) bond motifs is 1. The minimum absolute atomic E-state index is 0.0273. The lowest BCUT2D eigenvalue weighted by Gasteiger charge is -2.48. The molecule has 11 heteroatoms. The van der Waals surface area contributed by atoms with Crippen LogP contribution in [0.2, 0.25) is 0 Å². The Kier molecular flexibility index (Phi) is 6.19. The first-order valence-corrected chi connectivity index (χ1v) is 13.6. The molecule has 2 aromatic heterocycles. The fourth-order valence-corrected chi connectivity index (χ4v) is 6.31. The molecule has 1 aromatic carbocycles. The van der Waals surface area contributed by atoms with Crippen LogP contribution in [0.3, 0.4) is 0 Å². The predicted molar refractivity (Wildman–Crippen MR) is 141 cm³/mol. The minimum atomic E-state index is -3.01. The third-order valence-corrected chi connectivity index (χ3v) is 8.60. The number of pyridine rings is 1. The molecule has 2 amide bonds. The number of alkyl halides is 2. The summed E-state index contributed by atoms with van der Waals surface area (Å²) < 4.78 is 47.7. The third kappa shape index (κ3) is 4.64. The second-order valence-corrected chi connectivity index (χ2v) is 12.1. The first-order chi connectivity index (χ1) is 19.3. The SMILES string of the molecule is CC1(C)CN(C(=O)C2CC(O)C2)CCN1C(=O)c1cc2nc(-c3ccc(F)cc3)cc(C3(C#N)CC(F)(F)C3)c2o1. The number of rotatable bonds is 4. The van der Waals surface area contributed by atoms with Crippen molar-refractivity contribution >= 4 is 22.9 Å². The molecular weight excluding hydrogens is 537 g/mol. The number of piperazine rings is 1. The van der Waals surface area contributed by atoms with E-state index >= 15 is 0 Å². The molecule has 6 rings (SSSR count). The number of nitriles is 1. The van der Waals surface area contributed by atoms with Crippen molar-refractivity contribution in [2.24, 2.45) is 5.92 Å². The van der Waals surface area contributed by atoms with Crippen LogP contribution in [0.4, 0.5) is 13.2 Å². The van der Waals surface area contributed by atoms with E-state index in [-0.39, 0.29) is 40.8 Å². The van der Waals surface area contributed by atoms with E-state index < -0.39 is 47.5 Å². The van der Waals surface area contributed by atoms with Crippen LogP contribution >= 0.6 is 0 Å². The Balaban J connectivity index is 1.34. The van der Waals surface area contributed by atoms with E-state index in [1.165, 1.54) is 36.4 Å². The van der Waals surface area contributed by atoms with Crippen LogP contribution in [0.1, 0.15) is 55.6 Å². The van der Waals surface area contributed by atoms with Crippen molar-refractivity contribution in [3.8, 4) is 17.3 Å². The molecule has 3 aromatic rings. The molecule has 2 aliphatic carbocycles. The lowest BCUT2D eigenvalue weighted by atomic mass is 9.63. The van der Waals surface area contributed by atoms with Gasteiger partial charge in [-0.1, -0.05) is 0 Å². The zero-order valence-electron chi connectivity index (χ0n) is 22.7. The molecule has 214 valence electrons. The monoisotopic (exact) mass is 566 g/mol. The van der Waals surface area contributed by atoms with Gasteiger partial charge in [-0.25, -0.2) is 18.2 Å². The van der Waals surface area contributed by atoms with Crippen LogP contribution < -0.4 is 0 Å².